The molecular formula is C26H27N3O5. The maximum Gasteiger partial charge on any atom is 0.303 e. The Kier molecular flexibility index (Phi) is 6.20. The molecule has 0 fully saturated rings. The lowest BCUT2D eigenvalue weighted by molar-refractivity contribution is -0.137. The molecule has 2 aromatic carbocycles. The SMILES string of the molecule is CN(CCCOc1ccc2c(c1)CC[C@H]2CC(=O)O)c1nccc(C2Oc3ccccc3O2)n1. The number of hydrogen-bond donors (Lipinski definition) is 1. The van der Waals surface area contributed by atoms with Gasteiger partial charge in [-0.3, -0.25) is 4.79 Å². The van der Waals surface area contributed by atoms with Crippen LogP contribution in [0.25, 0.3) is 0 Å². The molecular weight excluding hydrogens is 434 g/mol. The normalized spacial score (nSPS) is 16.3. The van der Waals surface area contributed by atoms with E-state index >= 15 is 0 Å². The van der Waals surface area contributed by atoms with Crippen molar-refractivity contribution in [3.05, 3.63) is 71.5 Å². The molecule has 0 saturated carbocycles. The largest absolute Gasteiger partial charge is 0.494 e. The molecule has 1 aliphatic heterocycles. The number of ether oxygens (including phenoxy) is 3. The Hall–Kier alpha value is -3.81. The lowest BCUT2D eigenvalue weighted by Gasteiger charge is -2.18. The molecule has 176 valence electrons. The van der Waals surface area contributed by atoms with E-state index < -0.39 is 12.3 Å². The van der Waals surface area contributed by atoms with Crippen LogP contribution >= 0.6 is 0 Å². The average molecular weight is 462 g/mol. The van der Waals surface area contributed by atoms with Crippen molar-refractivity contribution in [3.63, 3.8) is 0 Å². The molecule has 0 bridgehead atoms. The van der Waals surface area contributed by atoms with Crippen molar-refractivity contribution in [1.82, 2.24) is 9.97 Å². The van der Waals surface area contributed by atoms with Gasteiger partial charge in [-0.05, 0) is 66.6 Å². The highest BCUT2D eigenvalue weighted by molar-refractivity contribution is 5.68. The quantitative estimate of drug-likeness (QED) is 0.470. The van der Waals surface area contributed by atoms with Gasteiger partial charge in [-0.25, -0.2) is 9.97 Å². The highest BCUT2D eigenvalue weighted by Crippen LogP contribution is 2.39. The number of aliphatic carboxylic acids is 1. The number of aryl methyl sites for hydroxylation is 1. The number of rotatable bonds is 9. The topological polar surface area (TPSA) is 94.0 Å². The number of para-hydroxylation sites is 2. The molecule has 1 N–H and O–H groups in total. The van der Waals surface area contributed by atoms with Crippen LogP contribution in [0.2, 0.25) is 0 Å². The molecule has 34 heavy (non-hydrogen) atoms. The van der Waals surface area contributed by atoms with Crippen LogP contribution in [0, 0.1) is 0 Å². The predicted molar refractivity (Wildman–Crippen MR) is 126 cm³/mol. The summed E-state index contributed by atoms with van der Waals surface area (Å²) in [4.78, 5) is 22.0. The van der Waals surface area contributed by atoms with Crippen LogP contribution in [-0.2, 0) is 11.2 Å². The first kappa shape index (κ1) is 22.0. The first-order chi connectivity index (χ1) is 16.6. The zero-order chi connectivity index (χ0) is 23.5. The molecule has 2 aliphatic rings. The van der Waals surface area contributed by atoms with Crippen molar-refractivity contribution in [2.45, 2.75) is 37.9 Å². The van der Waals surface area contributed by atoms with Gasteiger partial charge >= 0.3 is 5.97 Å². The first-order valence-corrected chi connectivity index (χ1v) is 11.5. The zero-order valence-corrected chi connectivity index (χ0v) is 19.0. The zero-order valence-electron chi connectivity index (χ0n) is 19.0. The van der Waals surface area contributed by atoms with Crippen LogP contribution < -0.4 is 19.1 Å². The number of fused-ring (bicyclic) bond motifs is 2. The van der Waals surface area contributed by atoms with Gasteiger partial charge in [-0.1, -0.05) is 18.2 Å². The number of benzene rings is 2. The van der Waals surface area contributed by atoms with Gasteiger partial charge in [0.2, 0.25) is 5.95 Å². The van der Waals surface area contributed by atoms with Crippen molar-refractivity contribution in [3.8, 4) is 17.2 Å². The number of aromatic nitrogens is 2. The van der Waals surface area contributed by atoms with Gasteiger partial charge in [-0.2, -0.15) is 0 Å². The Labute approximate surface area is 198 Å². The molecule has 8 nitrogen and oxygen atoms in total. The number of anilines is 1. The van der Waals surface area contributed by atoms with Crippen molar-refractivity contribution in [1.29, 1.82) is 0 Å². The summed E-state index contributed by atoms with van der Waals surface area (Å²) in [6.45, 7) is 1.28. The number of carboxylic acid groups (broad SMARTS) is 1. The monoisotopic (exact) mass is 461 g/mol. The lowest BCUT2D eigenvalue weighted by Crippen LogP contribution is -2.23. The Bertz CT molecular complexity index is 1160. The second-order valence-corrected chi connectivity index (χ2v) is 8.61. The Morgan fingerprint density at radius 1 is 1.18 bits per heavy atom. The minimum atomic E-state index is -0.745. The number of carboxylic acids is 1. The van der Waals surface area contributed by atoms with E-state index in [1.165, 1.54) is 5.56 Å². The van der Waals surface area contributed by atoms with Gasteiger partial charge in [0.05, 0.1) is 13.0 Å². The van der Waals surface area contributed by atoms with Crippen LogP contribution in [-0.4, -0.2) is 41.2 Å². The molecule has 2 heterocycles. The van der Waals surface area contributed by atoms with Crippen molar-refractivity contribution in [2.24, 2.45) is 0 Å². The second-order valence-electron chi connectivity index (χ2n) is 8.61. The standard InChI is InChI=1S/C26H27N3O5/c1-29(26-27-12-11-21(28-26)25-33-22-5-2-3-6-23(22)34-25)13-4-14-32-19-9-10-20-17(15-19)7-8-18(20)16-24(30)31/h2-3,5-6,9-12,15,18,25H,4,7-8,13-14,16H2,1H3,(H,30,31)/t18-/m0/s1. The summed E-state index contributed by atoms with van der Waals surface area (Å²) in [5, 5.41) is 9.08. The molecule has 3 aromatic rings. The maximum atomic E-state index is 11.0. The third kappa shape index (κ3) is 4.76. The Balaban J connectivity index is 1.12. The highest BCUT2D eigenvalue weighted by atomic mass is 16.7. The summed E-state index contributed by atoms with van der Waals surface area (Å²) in [6.07, 6.45) is 3.91. The van der Waals surface area contributed by atoms with E-state index in [1.54, 1.807) is 12.3 Å². The molecule has 1 aliphatic carbocycles. The molecule has 0 radical (unpaired) electrons. The second kappa shape index (κ2) is 9.59. The van der Waals surface area contributed by atoms with Crippen LogP contribution in [0.5, 0.6) is 17.2 Å². The highest BCUT2D eigenvalue weighted by Gasteiger charge is 2.27. The van der Waals surface area contributed by atoms with Crippen molar-refractivity contribution >= 4 is 11.9 Å². The minimum Gasteiger partial charge on any atom is -0.494 e. The van der Waals surface area contributed by atoms with Crippen molar-refractivity contribution < 1.29 is 24.1 Å². The van der Waals surface area contributed by atoms with Gasteiger partial charge in [0.15, 0.2) is 11.5 Å². The summed E-state index contributed by atoms with van der Waals surface area (Å²) in [7, 11) is 1.95. The summed E-state index contributed by atoms with van der Waals surface area (Å²) >= 11 is 0. The van der Waals surface area contributed by atoms with Crippen LogP contribution in [0.15, 0.2) is 54.7 Å². The minimum absolute atomic E-state index is 0.111. The van der Waals surface area contributed by atoms with E-state index in [2.05, 4.69) is 9.97 Å². The van der Waals surface area contributed by atoms with Crippen LogP contribution in [0.1, 0.15) is 48.3 Å². The van der Waals surface area contributed by atoms with E-state index in [0.29, 0.717) is 29.7 Å². The number of hydrogen-bond acceptors (Lipinski definition) is 7. The maximum absolute atomic E-state index is 11.0. The molecule has 5 rings (SSSR count). The van der Waals surface area contributed by atoms with E-state index in [4.69, 9.17) is 19.3 Å². The summed E-state index contributed by atoms with van der Waals surface area (Å²) in [6, 6.07) is 15.4. The van der Waals surface area contributed by atoms with Gasteiger partial charge < -0.3 is 24.2 Å². The first-order valence-electron chi connectivity index (χ1n) is 11.5. The van der Waals surface area contributed by atoms with Gasteiger partial charge in [-0.15, -0.1) is 0 Å². The molecule has 1 atom stereocenters. The molecule has 1 aromatic heterocycles. The molecule has 0 unspecified atom stereocenters. The number of nitrogens with zero attached hydrogens (tertiary/aromatic N) is 3. The molecule has 0 spiro atoms. The van der Waals surface area contributed by atoms with E-state index in [9.17, 15) is 4.79 Å². The Morgan fingerprint density at radius 2 is 1.97 bits per heavy atom. The van der Waals surface area contributed by atoms with Gasteiger partial charge in [0.1, 0.15) is 11.4 Å². The molecule has 0 amide bonds. The van der Waals surface area contributed by atoms with E-state index in [1.807, 2.05) is 54.4 Å². The fourth-order valence-electron chi connectivity index (χ4n) is 4.48. The summed E-state index contributed by atoms with van der Waals surface area (Å²) < 4.78 is 17.7. The van der Waals surface area contributed by atoms with E-state index in [-0.39, 0.29) is 12.3 Å². The van der Waals surface area contributed by atoms with Gasteiger partial charge in [0.25, 0.3) is 6.29 Å². The van der Waals surface area contributed by atoms with Crippen LogP contribution in [0.3, 0.4) is 0 Å². The summed E-state index contributed by atoms with van der Waals surface area (Å²) in [5.41, 5.74) is 3.01. The third-order valence-electron chi connectivity index (χ3n) is 6.21. The fraction of sp³-hybridized carbons (Fsp3) is 0.346. The average Bonchev–Trinajstić information content (AvgIpc) is 3.45. The predicted octanol–water partition coefficient (Wildman–Crippen LogP) is 4.36. The smallest absolute Gasteiger partial charge is 0.303 e. The molecule has 8 heteroatoms. The Morgan fingerprint density at radius 3 is 2.74 bits per heavy atom. The lowest BCUT2D eigenvalue weighted by atomic mass is 9.98. The van der Waals surface area contributed by atoms with Crippen molar-refractivity contribution in [2.75, 3.05) is 25.1 Å². The van der Waals surface area contributed by atoms with Crippen LogP contribution in [0.4, 0.5) is 5.95 Å². The van der Waals surface area contributed by atoms with E-state index in [0.717, 1.165) is 37.1 Å². The fourth-order valence-corrected chi connectivity index (χ4v) is 4.48. The van der Waals surface area contributed by atoms with Gasteiger partial charge in [0, 0.05) is 19.8 Å². The summed E-state index contributed by atoms with van der Waals surface area (Å²) in [5.74, 6) is 2.21. The molecule has 0 saturated heterocycles. The number of carbonyl (C=O) groups is 1. The third-order valence-corrected chi connectivity index (χ3v) is 6.21.